The monoisotopic (exact) mass is 639 g/mol. The Balaban J connectivity index is 1.46. The number of aryl methyl sites for hydroxylation is 1. The summed E-state index contributed by atoms with van der Waals surface area (Å²) in [5.74, 6) is -0.144. The number of hydrogen-bond acceptors (Lipinski definition) is 9. The number of carbonyl (C=O) groups excluding carboxylic acids is 2. The highest BCUT2D eigenvalue weighted by molar-refractivity contribution is 6.37. The Morgan fingerprint density at radius 1 is 0.833 bits per heavy atom. The molecule has 0 aromatic heterocycles. The van der Waals surface area contributed by atoms with Gasteiger partial charge in [-0.2, -0.15) is 0 Å². The number of carbonyl (C=O) groups is 2. The molecule has 0 spiro atoms. The van der Waals surface area contributed by atoms with Crippen LogP contribution in [0.1, 0.15) is 35.2 Å². The third kappa shape index (κ3) is 9.68. The number of aliphatic hydroxyl groups excluding tert-OH is 2. The number of para-hydroxylation sites is 1. The maximum atomic E-state index is 12.0. The molecule has 0 aliphatic carbocycles. The maximum Gasteiger partial charge on any atom is 0.339 e. The van der Waals surface area contributed by atoms with Gasteiger partial charge in [-0.1, -0.05) is 53.0 Å². The van der Waals surface area contributed by atoms with Gasteiger partial charge in [-0.15, -0.1) is 0 Å². The lowest BCUT2D eigenvalue weighted by atomic mass is 10.1. The predicted molar refractivity (Wildman–Crippen MR) is 162 cm³/mol. The summed E-state index contributed by atoms with van der Waals surface area (Å²) in [4.78, 5) is 23.3. The summed E-state index contributed by atoms with van der Waals surface area (Å²) in [6.07, 6.45) is -1.16. The molecule has 42 heavy (non-hydrogen) atoms. The first-order chi connectivity index (χ1) is 20.1. The van der Waals surface area contributed by atoms with Crippen molar-refractivity contribution in [3.8, 4) is 11.5 Å². The normalized spacial score (nSPS) is 12.3. The van der Waals surface area contributed by atoms with Gasteiger partial charge in [-0.3, -0.25) is 4.79 Å². The van der Waals surface area contributed by atoms with E-state index in [0.29, 0.717) is 34.1 Å². The van der Waals surface area contributed by atoms with Crippen LogP contribution >= 0.6 is 34.8 Å². The van der Waals surface area contributed by atoms with Crippen molar-refractivity contribution in [1.82, 2.24) is 0 Å². The number of esters is 2. The van der Waals surface area contributed by atoms with Crippen molar-refractivity contribution in [1.29, 1.82) is 0 Å². The van der Waals surface area contributed by atoms with E-state index in [1.807, 2.05) is 0 Å². The Hall–Kier alpha value is -3.21. The standard InChI is InChI=1S/C30H32Cl3NO8/c1-39-28(37)10-8-18-7-9-27(21(31)15-18)41-13-11-25(35)26(36)12-14-42-29-22(32)16-19(17-23(29)33)34-24-6-4-3-5-20(24)30(38)40-2/h3-7,9,15-17,25-26,34-36H,8,10-14H2,1-2H3. The first-order valence-corrected chi connectivity index (χ1v) is 14.2. The number of aliphatic hydroxyl groups is 2. The molecule has 226 valence electrons. The molecule has 3 rings (SSSR count). The average molecular weight is 641 g/mol. The summed E-state index contributed by atoms with van der Waals surface area (Å²) in [5, 5.41) is 24.7. The minimum Gasteiger partial charge on any atom is -0.492 e. The second-order valence-corrected chi connectivity index (χ2v) is 10.4. The van der Waals surface area contributed by atoms with Gasteiger partial charge in [0.15, 0.2) is 5.75 Å². The van der Waals surface area contributed by atoms with Crippen LogP contribution in [0.5, 0.6) is 11.5 Å². The number of hydrogen-bond donors (Lipinski definition) is 3. The molecule has 0 amide bonds. The lowest BCUT2D eigenvalue weighted by molar-refractivity contribution is -0.140. The van der Waals surface area contributed by atoms with Crippen LogP contribution in [0.15, 0.2) is 54.6 Å². The predicted octanol–water partition coefficient (Wildman–Crippen LogP) is 6.24. The van der Waals surface area contributed by atoms with Crippen molar-refractivity contribution in [3.05, 3.63) is 80.8 Å². The largest absolute Gasteiger partial charge is 0.492 e. The van der Waals surface area contributed by atoms with Gasteiger partial charge in [0.25, 0.3) is 0 Å². The molecule has 0 saturated carbocycles. The van der Waals surface area contributed by atoms with E-state index >= 15 is 0 Å². The Morgan fingerprint density at radius 2 is 1.48 bits per heavy atom. The van der Waals surface area contributed by atoms with Gasteiger partial charge in [0.1, 0.15) is 5.75 Å². The first kappa shape index (κ1) is 33.3. The molecule has 3 N–H and O–H groups in total. The number of anilines is 2. The van der Waals surface area contributed by atoms with Crippen LogP contribution in [0.4, 0.5) is 11.4 Å². The molecular formula is C30H32Cl3NO8. The average Bonchev–Trinajstić information content (AvgIpc) is 2.97. The van der Waals surface area contributed by atoms with Gasteiger partial charge in [0.2, 0.25) is 0 Å². The maximum absolute atomic E-state index is 12.0. The molecule has 0 radical (unpaired) electrons. The van der Waals surface area contributed by atoms with E-state index in [0.717, 1.165) is 5.56 Å². The van der Waals surface area contributed by atoms with Crippen LogP contribution in [-0.2, 0) is 20.7 Å². The van der Waals surface area contributed by atoms with E-state index in [2.05, 4.69) is 10.1 Å². The van der Waals surface area contributed by atoms with Gasteiger partial charge >= 0.3 is 11.9 Å². The van der Waals surface area contributed by atoms with Crippen molar-refractivity contribution in [2.24, 2.45) is 0 Å². The summed E-state index contributed by atoms with van der Waals surface area (Å²) < 4.78 is 20.8. The van der Waals surface area contributed by atoms with E-state index in [9.17, 15) is 19.8 Å². The van der Waals surface area contributed by atoms with Crippen LogP contribution in [0.3, 0.4) is 0 Å². The fourth-order valence-electron chi connectivity index (χ4n) is 3.93. The fraction of sp³-hybridized carbons (Fsp3) is 0.333. The van der Waals surface area contributed by atoms with Gasteiger partial charge < -0.3 is 34.5 Å². The number of halogens is 3. The molecule has 2 unspecified atom stereocenters. The van der Waals surface area contributed by atoms with E-state index in [4.69, 9.17) is 49.0 Å². The van der Waals surface area contributed by atoms with E-state index < -0.39 is 18.2 Å². The summed E-state index contributed by atoms with van der Waals surface area (Å²) in [5.41, 5.74) is 2.25. The van der Waals surface area contributed by atoms with Gasteiger partial charge in [-0.05, 0) is 48.4 Å². The minimum atomic E-state index is -1.09. The minimum absolute atomic E-state index is 0.0370. The zero-order valence-electron chi connectivity index (χ0n) is 23.1. The van der Waals surface area contributed by atoms with Crippen LogP contribution in [-0.4, -0.2) is 61.8 Å². The summed E-state index contributed by atoms with van der Waals surface area (Å²) in [6, 6.07) is 15.2. The molecular weight excluding hydrogens is 609 g/mol. The third-order valence-corrected chi connectivity index (χ3v) is 7.08. The summed E-state index contributed by atoms with van der Waals surface area (Å²) >= 11 is 19.1. The molecule has 0 saturated heterocycles. The lowest BCUT2D eigenvalue weighted by Crippen LogP contribution is -2.29. The van der Waals surface area contributed by atoms with Crippen LogP contribution in [0, 0.1) is 0 Å². The summed E-state index contributed by atoms with van der Waals surface area (Å²) in [6.45, 7) is 0.154. The summed E-state index contributed by atoms with van der Waals surface area (Å²) in [7, 11) is 2.64. The second kappa shape index (κ2) is 16.4. The molecule has 0 bridgehead atoms. The third-order valence-electron chi connectivity index (χ3n) is 6.23. The molecule has 3 aromatic carbocycles. The van der Waals surface area contributed by atoms with Crippen LogP contribution in [0.25, 0.3) is 0 Å². The Morgan fingerprint density at radius 3 is 2.10 bits per heavy atom. The molecule has 0 fully saturated rings. The number of methoxy groups -OCH3 is 2. The Bertz CT molecular complexity index is 1350. The SMILES string of the molecule is COC(=O)CCc1ccc(OCCC(O)C(O)CCOc2c(Cl)cc(Nc3ccccc3C(=O)OC)cc2Cl)c(Cl)c1. The number of benzene rings is 3. The molecule has 0 heterocycles. The number of nitrogens with one attached hydrogen (secondary N) is 1. The highest BCUT2D eigenvalue weighted by Crippen LogP contribution is 2.37. The fourth-order valence-corrected chi connectivity index (χ4v) is 4.78. The first-order valence-electron chi connectivity index (χ1n) is 13.0. The Labute approximate surface area is 259 Å². The zero-order valence-corrected chi connectivity index (χ0v) is 25.3. The van der Waals surface area contributed by atoms with Crippen molar-refractivity contribution in [2.45, 2.75) is 37.9 Å². The molecule has 2 atom stereocenters. The molecule has 0 aliphatic heterocycles. The quantitative estimate of drug-likeness (QED) is 0.166. The molecule has 0 aliphatic rings. The van der Waals surface area contributed by atoms with Crippen molar-refractivity contribution in [3.63, 3.8) is 0 Å². The van der Waals surface area contributed by atoms with Crippen LogP contribution < -0.4 is 14.8 Å². The second-order valence-electron chi connectivity index (χ2n) is 9.18. The van der Waals surface area contributed by atoms with Gasteiger partial charge in [-0.25, -0.2) is 4.79 Å². The number of rotatable bonds is 15. The smallest absolute Gasteiger partial charge is 0.339 e. The molecule has 9 nitrogen and oxygen atoms in total. The van der Waals surface area contributed by atoms with Gasteiger partial charge in [0.05, 0.1) is 66.0 Å². The number of ether oxygens (including phenoxy) is 4. The topological polar surface area (TPSA) is 124 Å². The van der Waals surface area contributed by atoms with E-state index in [1.54, 1.807) is 54.6 Å². The Kier molecular flexibility index (Phi) is 13.0. The zero-order chi connectivity index (χ0) is 30.6. The lowest BCUT2D eigenvalue weighted by Gasteiger charge is -2.19. The van der Waals surface area contributed by atoms with E-state index in [-0.39, 0.29) is 54.2 Å². The molecule has 12 heteroatoms. The van der Waals surface area contributed by atoms with Gasteiger partial charge in [0, 0.05) is 24.9 Å². The van der Waals surface area contributed by atoms with Crippen molar-refractivity contribution in [2.75, 3.05) is 32.8 Å². The van der Waals surface area contributed by atoms with Crippen molar-refractivity contribution >= 4 is 58.1 Å². The van der Waals surface area contributed by atoms with Crippen molar-refractivity contribution < 1.29 is 38.7 Å². The highest BCUT2D eigenvalue weighted by Gasteiger charge is 2.19. The highest BCUT2D eigenvalue weighted by atomic mass is 35.5. The van der Waals surface area contributed by atoms with E-state index in [1.165, 1.54) is 14.2 Å². The molecule has 3 aromatic rings. The van der Waals surface area contributed by atoms with Crippen LogP contribution in [0.2, 0.25) is 15.1 Å².